The third-order valence-corrected chi connectivity index (χ3v) is 4.09. The number of rotatable bonds is 7. The van der Waals surface area contributed by atoms with Crippen molar-refractivity contribution >= 4 is 17.6 Å². The number of pyridine rings is 2. The molecule has 3 aromatic rings. The highest BCUT2D eigenvalue weighted by atomic mass is 16.2. The van der Waals surface area contributed by atoms with Crippen LogP contribution in [0.25, 0.3) is 11.3 Å². The predicted octanol–water partition coefficient (Wildman–Crippen LogP) is 0.571. The number of amides is 2. The van der Waals surface area contributed by atoms with E-state index in [0.29, 0.717) is 22.6 Å². The first-order valence-corrected chi connectivity index (χ1v) is 8.48. The van der Waals surface area contributed by atoms with Crippen LogP contribution in [-0.4, -0.2) is 43.8 Å². The minimum atomic E-state index is -1.16. The SMILES string of the molecule is Cc1[nH]nc(C(=O)NC(Cc2ccccn2)C(=O)C(N)=O)c1-c1ccccn1. The molecular weight excluding hydrogens is 360 g/mol. The number of carbonyl (C=O) groups is 3. The quantitative estimate of drug-likeness (QED) is 0.513. The lowest BCUT2D eigenvalue weighted by atomic mass is 10.0. The second kappa shape index (κ2) is 8.21. The van der Waals surface area contributed by atoms with Crippen LogP contribution < -0.4 is 11.1 Å². The van der Waals surface area contributed by atoms with Crippen LogP contribution in [0, 0.1) is 6.92 Å². The van der Waals surface area contributed by atoms with Gasteiger partial charge in [-0.25, -0.2) is 0 Å². The lowest BCUT2D eigenvalue weighted by molar-refractivity contribution is -0.137. The molecule has 0 saturated heterocycles. The highest BCUT2D eigenvalue weighted by Gasteiger charge is 2.28. The highest BCUT2D eigenvalue weighted by molar-refractivity contribution is 6.38. The second-order valence-corrected chi connectivity index (χ2v) is 6.07. The molecule has 1 unspecified atom stereocenters. The monoisotopic (exact) mass is 378 g/mol. The first-order chi connectivity index (χ1) is 13.5. The Labute approximate surface area is 160 Å². The minimum absolute atomic E-state index is 0.0245. The predicted molar refractivity (Wildman–Crippen MR) is 100.0 cm³/mol. The standard InChI is InChI=1S/C19H18N6O3/c1-11-15(13-7-3-5-9-22-13)16(25-24-11)19(28)23-14(17(26)18(20)27)10-12-6-2-4-8-21-12/h2-9,14H,10H2,1H3,(H2,20,27)(H,23,28)(H,24,25). The molecule has 2 amide bonds. The number of carbonyl (C=O) groups excluding carboxylic acids is 3. The van der Waals surface area contributed by atoms with Gasteiger partial charge in [0.05, 0.1) is 11.3 Å². The summed E-state index contributed by atoms with van der Waals surface area (Å²) in [5.74, 6) is -2.67. The van der Waals surface area contributed by atoms with Crippen LogP contribution in [0.5, 0.6) is 0 Å². The first kappa shape index (κ1) is 18.9. The molecule has 9 nitrogen and oxygen atoms in total. The number of ketones is 1. The van der Waals surface area contributed by atoms with Crippen LogP contribution in [0.4, 0.5) is 0 Å². The maximum atomic E-state index is 12.8. The molecule has 0 aromatic carbocycles. The molecule has 9 heteroatoms. The Balaban J connectivity index is 1.89. The van der Waals surface area contributed by atoms with E-state index in [1.54, 1.807) is 55.7 Å². The van der Waals surface area contributed by atoms with Gasteiger partial charge in [-0.3, -0.25) is 29.5 Å². The van der Waals surface area contributed by atoms with Gasteiger partial charge in [-0.15, -0.1) is 0 Å². The molecule has 3 rings (SSSR count). The molecule has 28 heavy (non-hydrogen) atoms. The number of H-pyrrole nitrogens is 1. The van der Waals surface area contributed by atoms with E-state index in [1.807, 2.05) is 0 Å². The number of nitrogens with two attached hydrogens (primary N) is 1. The summed E-state index contributed by atoms with van der Waals surface area (Å²) in [6.07, 6.45) is 3.18. The van der Waals surface area contributed by atoms with E-state index < -0.39 is 23.6 Å². The lowest BCUT2D eigenvalue weighted by Gasteiger charge is -2.15. The van der Waals surface area contributed by atoms with Crippen molar-refractivity contribution in [2.75, 3.05) is 0 Å². The second-order valence-electron chi connectivity index (χ2n) is 6.07. The van der Waals surface area contributed by atoms with Crippen molar-refractivity contribution in [3.8, 4) is 11.3 Å². The van der Waals surface area contributed by atoms with E-state index >= 15 is 0 Å². The Kier molecular flexibility index (Phi) is 5.54. The number of Topliss-reactive ketones (excluding diaryl/α,β-unsaturated/α-hetero) is 1. The zero-order chi connectivity index (χ0) is 20.1. The Morgan fingerprint density at radius 1 is 1.11 bits per heavy atom. The van der Waals surface area contributed by atoms with Crippen LogP contribution in [0.2, 0.25) is 0 Å². The van der Waals surface area contributed by atoms with Gasteiger partial charge in [-0.1, -0.05) is 12.1 Å². The number of nitrogens with one attached hydrogen (secondary N) is 2. The fourth-order valence-corrected chi connectivity index (χ4v) is 2.75. The van der Waals surface area contributed by atoms with Gasteiger partial charge >= 0.3 is 0 Å². The molecule has 0 fully saturated rings. The molecule has 3 aromatic heterocycles. The van der Waals surface area contributed by atoms with Crippen molar-refractivity contribution in [1.29, 1.82) is 0 Å². The van der Waals surface area contributed by atoms with Crippen LogP contribution in [0.1, 0.15) is 21.9 Å². The Morgan fingerprint density at radius 3 is 2.43 bits per heavy atom. The van der Waals surface area contributed by atoms with Gasteiger partial charge in [0, 0.05) is 30.2 Å². The summed E-state index contributed by atoms with van der Waals surface area (Å²) in [6, 6.07) is 9.28. The summed E-state index contributed by atoms with van der Waals surface area (Å²) in [5.41, 5.74) is 7.46. The number of aromatic amines is 1. The van der Waals surface area contributed by atoms with E-state index in [0.717, 1.165) is 0 Å². The van der Waals surface area contributed by atoms with Crippen molar-refractivity contribution in [2.45, 2.75) is 19.4 Å². The summed E-state index contributed by atoms with van der Waals surface area (Å²) >= 11 is 0. The number of nitrogens with zero attached hydrogens (tertiary/aromatic N) is 3. The van der Waals surface area contributed by atoms with E-state index in [4.69, 9.17) is 5.73 Å². The number of aromatic nitrogens is 4. The minimum Gasteiger partial charge on any atom is -0.363 e. The fourth-order valence-electron chi connectivity index (χ4n) is 2.75. The summed E-state index contributed by atoms with van der Waals surface area (Å²) in [5, 5.41) is 9.33. The maximum Gasteiger partial charge on any atom is 0.287 e. The number of hydrogen-bond donors (Lipinski definition) is 3. The van der Waals surface area contributed by atoms with Crippen molar-refractivity contribution < 1.29 is 14.4 Å². The summed E-state index contributed by atoms with van der Waals surface area (Å²) in [4.78, 5) is 44.8. The van der Waals surface area contributed by atoms with E-state index in [-0.39, 0.29) is 12.1 Å². The highest BCUT2D eigenvalue weighted by Crippen LogP contribution is 2.23. The van der Waals surface area contributed by atoms with Gasteiger partial charge in [-0.2, -0.15) is 5.10 Å². The Hall–Kier alpha value is -3.88. The van der Waals surface area contributed by atoms with Crippen LogP contribution >= 0.6 is 0 Å². The average Bonchev–Trinajstić information content (AvgIpc) is 3.09. The maximum absolute atomic E-state index is 12.8. The molecule has 0 spiro atoms. The molecule has 0 aliphatic carbocycles. The molecule has 3 heterocycles. The number of primary amides is 1. The molecule has 1 atom stereocenters. The fraction of sp³-hybridized carbons (Fsp3) is 0.158. The van der Waals surface area contributed by atoms with Crippen molar-refractivity contribution in [2.24, 2.45) is 5.73 Å². The van der Waals surface area contributed by atoms with E-state index in [9.17, 15) is 14.4 Å². The molecule has 0 radical (unpaired) electrons. The normalized spacial score (nSPS) is 11.6. The molecule has 0 saturated carbocycles. The first-order valence-electron chi connectivity index (χ1n) is 8.48. The lowest BCUT2D eigenvalue weighted by Crippen LogP contribution is -2.47. The van der Waals surface area contributed by atoms with Crippen molar-refractivity contribution in [3.63, 3.8) is 0 Å². The van der Waals surface area contributed by atoms with Crippen LogP contribution in [-0.2, 0) is 16.0 Å². The smallest absolute Gasteiger partial charge is 0.287 e. The largest absolute Gasteiger partial charge is 0.363 e. The van der Waals surface area contributed by atoms with Crippen molar-refractivity contribution in [3.05, 3.63) is 65.9 Å². The van der Waals surface area contributed by atoms with Gasteiger partial charge in [-0.05, 0) is 31.2 Å². The zero-order valence-electron chi connectivity index (χ0n) is 15.0. The summed E-state index contributed by atoms with van der Waals surface area (Å²) in [6.45, 7) is 1.76. The average molecular weight is 378 g/mol. The van der Waals surface area contributed by atoms with Gasteiger partial charge in [0.2, 0.25) is 5.78 Å². The van der Waals surface area contributed by atoms with Gasteiger partial charge < -0.3 is 11.1 Å². The molecule has 0 aliphatic heterocycles. The van der Waals surface area contributed by atoms with Crippen LogP contribution in [0.15, 0.2) is 48.8 Å². The van der Waals surface area contributed by atoms with E-state index in [2.05, 4.69) is 25.5 Å². The molecule has 0 aliphatic rings. The van der Waals surface area contributed by atoms with Crippen molar-refractivity contribution in [1.82, 2.24) is 25.5 Å². The molecule has 142 valence electrons. The molecular formula is C19H18N6O3. The van der Waals surface area contributed by atoms with Gasteiger partial charge in [0.15, 0.2) is 5.69 Å². The topological polar surface area (TPSA) is 144 Å². The van der Waals surface area contributed by atoms with Gasteiger partial charge in [0.1, 0.15) is 6.04 Å². The zero-order valence-corrected chi connectivity index (χ0v) is 15.0. The van der Waals surface area contributed by atoms with Gasteiger partial charge in [0.25, 0.3) is 11.8 Å². The Bertz CT molecular complexity index is 1000. The third-order valence-electron chi connectivity index (χ3n) is 4.09. The molecule has 0 bridgehead atoms. The molecule has 4 N–H and O–H groups in total. The van der Waals surface area contributed by atoms with E-state index in [1.165, 1.54) is 0 Å². The summed E-state index contributed by atoms with van der Waals surface area (Å²) in [7, 11) is 0. The Morgan fingerprint density at radius 2 is 1.82 bits per heavy atom. The number of aryl methyl sites for hydroxylation is 1. The summed E-state index contributed by atoms with van der Waals surface area (Å²) < 4.78 is 0. The third kappa shape index (κ3) is 4.09. The number of hydrogen-bond acceptors (Lipinski definition) is 6. The van der Waals surface area contributed by atoms with Crippen LogP contribution in [0.3, 0.4) is 0 Å².